The van der Waals surface area contributed by atoms with Gasteiger partial charge in [0.25, 0.3) is 15.9 Å². The summed E-state index contributed by atoms with van der Waals surface area (Å²) in [5, 5.41) is 0.159. The number of nitrogens with zero attached hydrogens (tertiary/aromatic N) is 2. The normalized spacial score (nSPS) is 11.1. The van der Waals surface area contributed by atoms with Crippen molar-refractivity contribution in [3.05, 3.63) is 119 Å². The lowest BCUT2D eigenvalue weighted by Gasteiger charge is -2.28. The van der Waals surface area contributed by atoms with Gasteiger partial charge in [-0.25, -0.2) is 17.9 Å². The molecule has 0 aromatic heterocycles. The van der Waals surface area contributed by atoms with Crippen molar-refractivity contribution in [2.75, 3.05) is 18.5 Å². The van der Waals surface area contributed by atoms with Crippen molar-refractivity contribution in [1.82, 2.24) is 9.62 Å². The third-order valence-corrected chi connectivity index (χ3v) is 8.61. The van der Waals surface area contributed by atoms with Gasteiger partial charge in [0.1, 0.15) is 0 Å². The van der Waals surface area contributed by atoms with Crippen molar-refractivity contribution in [3.8, 4) is 11.1 Å². The molecule has 9 heteroatoms. The minimum Gasteiger partial charge on any atom is -0.320 e. The molecule has 0 radical (unpaired) electrons. The van der Waals surface area contributed by atoms with E-state index >= 15 is 0 Å². The molecule has 0 unspecified atom stereocenters. The topological polar surface area (TPSA) is 86.8 Å². The standard InChI is InChI=1S/C33H34ClN3O4S/c1-3-4-12-23-37(33(39)36(2)27-13-6-5-7-14-27)24-25-19-21-26(22-20-25)28-15-9-11-18-31(28)42(40,41)35-32(38)29-16-8-10-17-30(29)34/h5-11,13-22H,3-4,12,23-24H2,1-2H3,(H,35,38). The third-order valence-electron chi connectivity index (χ3n) is 6.89. The highest BCUT2D eigenvalue weighted by atomic mass is 35.5. The van der Waals surface area contributed by atoms with Gasteiger partial charge in [0.2, 0.25) is 0 Å². The van der Waals surface area contributed by atoms with E-state index in [0.717, 1.165) is 30.5 Å². The van der Waals surface area contributed by atoms with E-state index in [1.807, 2.05) is 59.5 Å². The molecule has 218 valence electrons. The van der Waals surface area contributed by atoms with E-state index < -0.39 is 15.9 Å². The van der Waals surface area contributed by atoms with Crippen LogP contribution >= 0.6 is 11.6 Å². The smallest absolute Gasteiger partial charge is 0.320 e. The number of carbonyl (C=O) groups excluding carboxylic acids is 2. The predicted molar refractivity (Wildman–Crippen MR) is 168 cm³/mol. The van der Waals surface area contributed by atoms with E-state index in [4.69, 9.17) is 11.6 Å². The number of hydrogen-bond donors (Lipinski definition) is 1. The summed E-state index contributed by atoms with van der Waals surface area (Å²) in [5.74, 6) is -0.806. The van der Waals surface area contributed by atoms with Crippen LogP contribution in [0.3, 0.4) is 0 Å². The van der Waals surface area contributed by atoms with Crippen LogP contribution in [-0.2, 0) is 16.6 Å². The average molecular weight is 604 g/mol. The molecule has 0 atom stereocenters. The highest BCUT2D eigenvalue weighted by Gasteiger charge is 2.24. The van der Waals surface area contributed by atoms with Gasteiger partial charge in [-0.3, -0.25) is 9.69 Å². The summed E-state index contributed by atoms with van der Waals surface area (Å²) in [4.78, 5) is 29.6. The van der Waals surface area contributed by atoms with Crippen molar-refractivity contribution in [3.63, 3.8) is 0 Å². The van der Waals surface area contributed by atoms with Crippen LogP contribution in [-0.4, -0.2) is 38.8 Å². The number of urea groups is 1. The molecule has 42 heavy (non-hydrogen) atoms. The van der Waals surface area contributed by atoms with Gasteiger partial charge in [-0.05, 0) is 47.9 Å². The molecule has 0 saturated heterocycles. The Kier molecular flexibility index (Phi) is 10.4. The molecular weight excluding hydrogens is 570 g/mol. The number of halogens is 1. The molecule has 7 nitrogen and oxygen atoms in total. The zero-order valence-electron chi connectivity index (χ0n) is 23.7. The van der Waals surface area contributed by atoms with Gasteiger partial charge in [-0.1, -0.05) is 104 Å². The minimum absolute atomic E-state index is 0.0287. The van der Waals surface area contributed by atoms with Gasteiger partial charge in [0, 0.05) is 31.4 Å². The number of hydrogen-bond acceptors (Lipinski definition) is 4. The Bertz CT molecular complexity index is 1630. The summed E-state index contributed by atoms with van der Waals surface area (Å²) < 4.78 is 28.7. The van der Waals surface area contributed by atoms with Crippen LogP contribution in [0.15, 0.2) is 108 Å². The molecule has 0 fully saturated rings. The SMILES string of the molecule is CCCCCN(Cc1ccc(-c2ccccc2S(=O)(=O)NC(=O)c2ccccc2Cl)cc1)C(=O)N(C)c1ccccc1. The highest BCUT2D eigenvalue weighted by Crippen LogP contribution is 2.28. The van der Waals surface area contributed by atoms with Crippen molar-refractivity contribution in [2.45, 2.75) is 37.6 Å². The number of benzene rings is 4. The predicted octanol–water partition coefficient (Wildman–Crippen LogP) is 7.37. The first kappa shape index (κ1) is 30.8. The lowest BCUT2D eigenvalue weighted by molar-refractivity contribution is 0.0981. The lowest BCUT2D eigenvalue weighted by atomic mass is 10.0. The molecule has 0 aliphatic rings. The van der Waals surface area contributed by atoms with Crippen LogP contribution in [0.1, 0.15) is 42.1 Å². The number of anilines is 1. The molecule has 0 aliphatic carbocycles. The Balaban J connectivity index is 1.55. The molecule has 4 aromatic carbocycles. The third kappa shape index (κ3) is 7.57. The fraction of sp³-hybridized carbons (Fsp3) is 0.212. The molecule has 1 N–H and O–H groups in total. The fourth-order valence-corrected chi connectivity index (χ4v) is 6.01. The van der Waals surface area contributed by atoms with E-state index in [0.29, 0.717) is 24.2 Å². The number of carbonyl (C=O) groups is 2. The molecule has 0 saturated carbocycles. The first-order valence-corrected chi connectivity index (χ1v) is 15.6. The molecular formula is C33H34ClN3O4S. The second kappa shape index (κ2) is 14.2. The summed E-state index contributed by atoms with van der Waals surface area (Å²) in [6, 6.07) is 29.6. The summed E-state index contributed by atoms with van der Waals surface area (Å²) in [6.07, 6.45) is 2.97. The van der Waals surface area contributed by atoms with E-state index in [-0.39, 0.29) is 21.5 Å². The molecule has 4 rings (SSSR count). The first-order valence-electron chi connectivity index (χ1n) is 13.8. The lowest BCUT2D eigenvalue weighted by Crippen LogP contribution is -2.41. The highest BCUT2D eigenvalue weighted by molar-refractivity contribution is 7.90. The average Bonchev–Trinajstić information content (AvgIpc) is 3.00. The van der Waals surface area contributed by atoms with Crippen molar-refractivity contribution in [2.24, 2.45) is 0 Å². The van der Waals surface area contributed by atoms with Crippen LogP contribution in [0, 0.1) is 0 Å². The van der Waals surface area contributed by atoms with Gasteiger partial charge in [-0.2, -0.15) is 0 Å². The summed E-state index contributed by atoms with van der Waals surface area (Å²) in [6.45, 7) is 3.16. The van der Waals surface area contributed by atoms with Crippen LogP contribution < -0.4 is 9.62 Å². The fourth-order valence-electron chi connectivity index (χ4n) is 4.60. The quantitative estimate of drug-likeness (QED) is 0.181. The minimum atomic E-state index is -4.21. The van der Waals surface area contributed by atoms with Gasteiger partial charge < -0.3 is 4.90 Å². The second-order valence-electron chi connectivity index (χ2n) is 9.91. The Morgan fingerprint density at radius 2 is 1.45 bits per heavy atom. The molecule has 4 aromatic rings. The second-order valence-corrected chi connectivity index (χ2v) is 12.0. The molecule has 3 amide bonds. The molecule has 0 bridgehead atoms. The van der Waals surface area contributed by atoms with E-state index in [9.17, 15) is 18.0 Å². The Morgan fingerprint density at radius 1 is 0.810 bits per heavy atom. The Morgan fingerprint density at radius 3 is 2.14 bits per heavy atom. The van der Waals surface area contributed by atoms with E-state index in [1.54, 1.807) is 42.3 Å². The maximum Gasteiger partial charge on any atom is 0.324 e. The summed E-state index contributed by atoms with van der Waals surface area (Å²) >= 11 is 6.09. The van der Waals surface area contributed by atoms with E-state index in [2.05, 4.69) is 11.6 Å². The summed E-state index contributed by atoms with van der Waals surface area (Å²) in [5.41, 5.74) is 2.91. The van der Waals surface area contributed by atoms with Gasteiger partial charge in [0.05, 0.1) is 15.5 Å². The van der Waals surface area contributed by atoms with Crippen LogP contribution in [0.4, 0.5) is 10.5 Å². The number of nitrogens with one attached hydrogen (secondary N) is 1. The Labute approximate surface area is 252 Å². The van der Waals surface area contributed by atoms with Crippen LogP contribution in [0.5, 0.6) is 0 Å². The summed E-state index contributed by atoms with van der Waals surface area (Å²) in [7, 11) is -2.44. The zero-order chi connectivity index (χ0) is 30.1. The van der Waals surface area contributed by atoms with Gasteiger partial charge >= 0.3 is 6.03 Å². The number of rotatable bonds is 11. The first-order chi connectivity index (χ1) is 20.2. The zero-order valence-corrected chi connectivity index (χ0v) is 25.2. The maximum atomic E-state index is 13.4. The number of sulfonamides is 1. The maximum absolute atomic E-state index is 13.4. The van der Waals surface area contributed by atoms with Crippen molar-refractivity contribution in [1.29, 1.82) is 0 Å². The number of amides is 3. The largest absolute Gasteiger partial charge is 0.324 e. The monoisotopic (exact) mass is 603 g/mol. The van der Waals surface area contributed by atoms with E-state index in [1.165, 1.54) is 18.2 Å². The molecule has 0 heterocycles. The van der Waals surface area contributed by atoms with Gasteiger partial charge in [-0.15, -0.1) is 0 Å². The van der Waals surface area contributed by atoms with Crippen LogP contribution in [0.25, 0.3) is 11.1 Å². The molecule has 0 aliphatic heterocycles. The Hall–Kier alpha value is -4.14. The van der Waals surface area contributed by atoms with Crippen molar-refractivity contribution >= 4 is 39.2 Å². The van der Waals surface area contributed by atoms with Crippen molar-refractivity contribution < 1.29 is 18.0 Å². The molecule has 0 spiro atoms. The number of unbranched alkanes of at least 4 members (excludes halogenated alkanes) is 2. The van der Waals surface area contributed by atoms with Gasteiger partial charge in [0.15, 0.2) is 0 Å². The van der Waals surface area contributed by atoms with Crippen LogP contribution in [0.2, 0.25) is 5.02 Å². The number of para-hydroxylation sites is 1.